The van der Waals surface area contributed by atoms with Crippen LogP contribution in [0.5, 0.6) is 0 Å². The molecule has 1 N–H and O–H groups in total. The molecule has 1 aromatic heterocycles. The summed E-state index contributed by atoms with van der Waals surface area (Å²) in [6.45, 7) is 2.98. The summed E-state index contributed by atoms with van der Waals surface area (Å²) >= 11 is 6.05. The highest BCUT2D eigenvalue weighted by Gasteiger charge is 2.10. The second-order valence-electron chi connectivity index (χ2n) is 3.69. The van der Waals surface area contributed by atoms with Crippen LogP contribution >= 0.6 is 11.6 Å². The third kappa shape index (κ3) is 1.15. The number of nitrogens with one attached hydrogen (secondary N) is 1. The van der Waals surface area contributed by atoms with E-state index in [9.17, 15) is 0 Å². The number of aromatic nitrogens is 1. The minimum atomic E-state index is 0.828. The molecule has 0 aliphatic carbocycles. The van der Waals surface area contributed by atoms with Gasteiger partial charge in [-0.1, -0.05) is 11.6 Å². The highest BCUT2D eigenvalue weighted by Crippen LogP contribution is 2.26. The Morgan fingerprint density at radius 1 is 1.36 bits per heavy atom. The Labute approximate surface area is 87.5 Å². The van der Waals surface area contributed by atoms with Gasteiger partial charge in [0.1, 0.15) is 0 Å². The molecule has 0 radical (unpaired) electrons. The summed E-state index contributed by atoms with van der Waals surface area (Å²) in [4.78, 5) is 0. The van der Waals surface area contributed by atoms with Crippen LogP contribution in [0.3, 0.4) is 0 Å². The third-order valence-corrected chi connectivity index (χ3v) is 2.97. The largest absolute Gasteiger partial charge is 0.346 e. The molecule has 2 heterocycles. The van der Waals surface area contributed by atoms with Gasteiger partial charge in [0, 0.05) is 36.2 Å². The van der Waals surface area contributed by atoms with Crippen molar-refractivity contribution in [2.45, 2.75) is 13.1 Å². The van der Waals surface area contributed by atoms with Crippen LogP contribution in [0.15, 0.2) is 24.4 Å². The van der Waals surface area contributed by atoms with Crippen LogP contribution in [0.2, 0.25) is 5.02 Å². The molecule has 1 aliphatic rings. The second-order valence-corrected chi connectivity index (χ2v) is 4.13. The summed E-state index contributed by atoms with van der Waals surface area (Å²) in [5, 5.41) is 5.46. The monoisotopic (exact) mass is 206 g/mol. The van der Waals surface area contributed by atoms with Gasteiger partial charge in [-0.3, -0.25) is 0 Å². The van der Waals surface area contributed by atoms with E-state index < -0.39 is 0 Å². The first-order valence-electron chi connectivity index (χ1n) is 4.82. The zero-order valence-electron chi connectivity index (χ0n) is 7.76. The summed E-state index contributed by atoms with van der Waals surface area (Å²) in [7, 11) is 0. The lowest BCUT2D eigenvalue weighted by molar-refractivity contribution is 0.632. The minimum absolute atomic E-state index is 0.828. The maximum atomic E-state index is 6.05. The molecule has 0 amide bonds. The molecule has 0 spiro atoms. The van der Waals surface area contributed by atoms with Gasteiger partial charge < -0.3 is 9.88 Å². The van der Waals surface area contributed by atoms with Gasteiger partial charge in [0.2, 0.25) is 0 Å². The highest BCUT2D eigenvalue weighted by molar-refractivity contribution is 6.31. The van der Waals surface area contributed by atoms with E-state index in [1.807, 2.05) is 6.07 Å². The van der Waals surface area contributed by atoms with Crippen LogP contribution in [0, 0.1) is 0 Å². The van der Waals surface area contributed by atoms with Crippen LogP contribution in [0.4, 0.5) is 0 Å². The first-order valence-corrected chi connectivity index (χ1v) is 5.20. The molecule has 14 heavy (non-hydrogen) atoms. The Morgan fingerprint density at radius 2 is 2.29 bits per heavy atom. The Bertz CT molecular complexity index is 487. The third-order valence-electron chi connectivity index (χ3n) is 2.75. The fourth-order valence-corrected chi connectivity index (χ4v) is 2.39. The molecular weight excluding hydrogens is 196 g/mol. The van der Waals surface area contributed by atoms with E-state index in [-0.39, 0.29) is 0 Å². The van der Waals surface area contributed by atoms with E-state index in [1.165, 1.54) is 16.5 Å². The Morgan fingerprint density at radius 3 is 3.21 bits per heavy atom. The molecule has 0 saturated carbocycles. The van der Waals surface area contributed by atoms with E-state index in [2.05, 4.69) is 28.2 Å². The Kier molecular flexibility index (Phi) is 1.79. The average molecular weight is 207 g/mol. The molecular formula is C11H11ClN2. The van der Waals surface area contributed by atoms with Gasteiger partial charge in [-0.05, 0) is 23.8 Å². The summed E-state index contributed by atoms with van der Waals surface area (Å²) in [5.74, 6) is 0. The van der Waals surface area contributed by atoms with Crippen molar-refractivity contribution in [2.24, 2.45) is 0 Å². The van der Waals surface area contributed by atoms with Crippen LogP contribution in [-0.2, 0) is 13.1 Å². The quantitative estimate of drug-likeness (QED) is 0.701. The molecule has 2 nitrogen and oxygen atoms in total. The number of benzene rings is 1. The molecule has 1 aliphatic heterocycles. The van der Waals surface area contributed by atoms with Crippen LogP contribution in [0.1, 0.15) is 5.56 Å². The van der Waals surface area contributed by atoms with Gasteiger partial charge in [0.15, 0.2) is 0 Å². The molecule has 3 heteroatoms. The van der Waals surface area contributed by atoms with Gasteiger partial charge in [-0.15, -0.1) is 0 Å². The lowest BCUT2D eigenvalue weighted by atomic mass is 10.1. The molecule has 1 aromatic carbocycles. The Hall–Kier alpha value is -0.990. The zero-order valence-corrected chi connectivity index (χ0v) is 8.51. The molecule has 0 fully saturated rings. The molecule has 3 rings (SSSR count). The van der Waals surface area contributed by atoms with Crippen molar-refractivity contribution in [1.29, 1.82) is 0 Å². The lowest BCUT2D eigenvalue weighted by Crippen LogP contribution is -2.15. The van der Waals surface area contributed by atoms with Gasteiger partial charge in [-0.2, -0.15) is 0 Å². The molecule has 72 valence electrons. The van der Waals surface area contributed by atoms with E-state index in [4.69, 9.17) is 11.6 Å². The number of nitrogens with zero attached hydrogens (tertiary/aromatic N) is 1. The smallest absolute Gasteiger partial charge is 0.0527 e. The second kappa shape index (κ2) is 3.01. The summed E-state index contributed by atoms with van der Waals surface area (Å²) in [6, 6.07) is 6.22. The van der Waals surface area contributed by atoms with Crippen molar-refractivity contribution in [1.82, 2.24) is 9.88 Å². The Balaban J connectivity index is 2.39. The zero-order chi connectivity index (χ0) is 9.54. The van der Waals surface area contributed by atoms with E-state index in [1.54, 1.807) is 0 Å². The van der Waals surface area contributed by atoms with Crippen molar-refractivity contribution in [3.05, 3.63) is 35.0 Å². The van der Waals surface area contributed by atoms with Crippen molar-refractivity contribution in [2.75, 3.05) is 6.54 Å². The predicted molar refractivity (Wildman–Crippen MR) is 58.7 cm³/mol. The van der Waals surface area contributed by atoms with Gasteiger partial charge >= 0.3 is 0 Å². The topological polar surface area (TPSA) is 17.0 Å². The van der Waals surface area contributed by atoms with E-state index in [0.717, 1.165) is 24.7 Å². The highest BCUT2D eigenvalue weighted by atomic mass is 35.5. The lowest BCUT2D eigenvalue weighted by Gasteiger charge is -2.03. The normalized spacial score (nSPS) is 15.8. The van der Waals surface area contributed by atoms with Crippen molar-refractivity contribution >= 4 is 22.5 Å². The number of hydrogen-bond donors (Lipinski definition) is 1. The molecule has 0 unspecified atom stereocenters. The summed E-state index contributed by atoms with van der Waals surface area (Å²) < 4.78 is 2.29. The van der Waals surface area contributed by atoms with Crippen LogP contribution < -0.4 is 5.32 Å². The summed E-state index contributed by atoms with van der Waals surface area (Å²) in [6.07, 6.45) is 2.14. The standard InChI is InChI=1S/C11H11ClN2/c12-10-5-8-1-3-14-4-2-13-7-9(6-10)11(8)14/h1,3,5-6,13H,2,4,7H2. The van der Waals surface area contributed by atoms with E-state index >= 15 is 0 Å². The maximum absolute atomic E-state index is 6.05. The van der Waals surface area contributed by atoms with E-state index in [0.29, 0.717) is 0 Å². The summed E-state index contributed by atoms with van der Waals surface area (Å²) in [5.41, 5.74) is 2.63. The van der Waals surface area contributed by atoms with Crippen molar-refractivity contribution in [3.63, 3.8) is 0 Å². The first kappa shape index (κ1) is 8.33. The average Bonchev–Trinajstić information content (AvgIpc) is 2.43. The first-order chi connectivity index (χ1) is 6.84. The van der Waals surface area contributed by atoms with Gasteiger partial charge in [0.05, 0.1) is 5.52 Å². The van der Waals surface area contributed by atoms with Crippen LogP contribution in [0.25, 0.3) is 10.9 Å². The number of hydrogen-bond acceptors (Lipinski definition) is 1. The molecule has 0 saturated heterocycles. The molecule has 0 atom stereocenters. The minimum Gasteiger partial charge on any atom is -0.346 e. The fraction of sp³-hybridized carbons (Fsp3) is 0.273. The number of halogens is 1. The SMILES string of the molecule is Clc1cc2c3c(ccn3CCNC2)c1. The van der Waals surface area contributed by atoms with Crippen molar-refractivity contribution in [3.8, 4) is 0 Å². The fourth-order valence-electron chi connectivity index (χ4n) is 2.14. The van der Waals surface area contributed by atoms with Gasteiger partial charge in [-0.25, -0.2) is 0 Å². The van der Waals surface area contributed by atoms with Gasteiger partial charge in [0.25, 0.3) is 0 Å². The van der Waals surface area contributed by atoms with Crippen molar-refractivity contribution < 1.29 is 0 Å². The number of rotatable bonds is 0. The molecule has 0 bridgehead atoms. The maximum Gasteiger partial charge on any atom is 0.0527 e. The van der Waals surface area contributed by atoms with Crippen LogP contribution in [-0.4, -0.2) is 11.1 Å². The molecule has 2 aromatic rings. The predicted octanol–water partition coefficient (Wildman–Crippen LogP) is 2.40.